The van der Waals surface area contributed by atoms with Gasteiger partial charge in [0.05, 0.1) is 12.6 Å². The van der Waals surface area contributed by atoms with Crippen LogP contribution in [0.3, 0.4) is 0 Å². The molecule has 1 unspecified atom stereocenters. The number of nitrogens with zero attached hydrogens (tertiary/aromatic N) is 1. The van der Waals surface area contributed by atoms with E-state index in [-0.39, 0.29) is 17.7 Å². The molecule has 1 N–H and O–H groups in total. The zero-order valence-electron chi connectivity index (χ0n) is 12.9. The van der Waals surface area contributed by atoms with Gasteiger partial charge in [-0.15, -0.1) is 0 Å². The minimum absolute atomic E-state index is 0.0858. The van der Waals surface area contributed by atoms with E-state index in [1.807, 2.05) is 20.8 Å². The summed E-state index contributed by atoms with van der Waals surface area (Å²) in [6.45, 7) is 8.70. The number of carbonyl (C=O) groups is 1. The first-order valence-electron chi connectivity index (χ1n) is 7.08. The first-order valence-corrected chi connectivity index (χ1v) is 7.08. The molecular formula is C15H22N2O4. The van der Waals surface area contributed by atoms with E-state index >= 15 is 0 Å². The summed E-state index contributed by atoms with van der Waals surface area (Å²) in [6, 6.07) is 2.92. The van der Waals surface area contributed by atoms with Gasteiger partial charge in [0.25, 0.3) is 0 Å². The molecular weight excluding hydrogens is 272 g/mol. The lowest BCUT2D eigenvalue weighted by atomic mass is 10.1. The van der Waals surface area contributed by atoms with Gasteiger partial charge in [0.1, 0.15) is 17.6 Å². The van der Waals surface area contributed by atoms with E-state index in [2.05, 4.69) is 5.32 Å². The number of hydrogen-bond acceptors (Lipinski definition) is 4. The van der Waals surface area contributed by atoms with Crippen LogP contribution in [0.5, 0.6) is 5.75 Å². The zero-order valence-corrected chi connectivity index (χ0v) is 12.9. The monoisotopic (exact) mass is 294 g/mol. The van der Waals surface area contributed by atoms with Crippen LogP contribution in [0, 0.1) is 6.92 Å². The van der Waals surface area contributed by atoms with Gasteiger partial charge in [-0.3, -0.25) is 0 Å². The van der Waals surface area contributed by atoms with Crippen molar-refractivity contribution in [2.75, 3.05) is 13.1 Å². The van der Waals surface area contributed by atoms with Crippen molar-refractivity contribution in [3.63, 3.8) is 0 Å². The smallest absolute Gasteiger partial charge is 0.339 e. The lowest BCUT2D eigenvalue weighted by Gasteiger charge is -2.25. The summed E-state index contributed by atoms with van der Waals surface area (Å²) in [5.41, 5.74) is -0.684. The van der Waals surface area contributed by atoms with Crippen molar-refractivity contribution in [2.24, 2.45) is 0 Å². The first kappa shape index (κ1) is 15.4. The largest absolute Gasteiger partial charge is 0.488 e. The number of aryl methyl sites for hydroxylation is 1. The number of likely N-dealkylation sites (tertiary alicyclic amines) is 1. The second-order valence-electron chi connectivity index (χ2n) is 6.38. The van der Waals surface area contributed by atoms with Crippen LogP contribution in [0.25, 0.3) is 0 Å². The highest BCUT2D eigenvalue weighted by Gasteiger charge is 2.29. The van der Waals surface area contributed by atoms with Gasteiger partial charge in [0.2, 0.25) is 0 Å². The Labute approximate surface area is 124 Å². The number of amides is 2. The Morgan fingerprint density at radius 3 is 2.76 bits per heavy atom. The Hall–Kier alpha value is -1.98. The molecule has 6 nitrogen and oxygen atoms in total. The van der Waals surface area contributed by atoms with Gasteiger partial charge in [-0.2, -0.15) is 0 Å². The Morgan fingerprint density at radius 2 is 2.14 bits per heavy atom. The Bertz CT molecular complexity index is 574. The Kier molecular flexibility index (Phi) is 4.25. The predicted molar refractivity (Wildman–Crippen MR) is 78.6 cm³/mol. The minimum Gasteiger partial charge on any atom is -0.488 e. The average Bonchev–Trinajstić information content (AvgIpc) is 2.73. The molecule has 2 amide bonds. The molecule has 0 radical (unpaired) electrons. The normalized spacial score (nSPS) is 18.7. The lowest BCUT2D eigenvalue weighted by Crippen LogP contribution is -2.48. The molecule has 0 aromatic carbocycles. The van der Waals surface area contributed by atoms with E-state index < -0.39 is 5.63 Å². The van der Waals surface area contributed by atoms with Crippen LogP contribution in [0.15, 0.2) is 21.3 Å². The molecule has 2 rings (SSSR count). The van der Waals surface area contributed by atoms with E-state index in [1.165, 1.54) is 6.07 Å². The fraction of sp³-hybridized carbons (Fsp3) is 0.600. The van der Waals surface area contributed by atoms with Gasteiger partial charge < -0.3 is 19.4 Å². The van der Waals surface area contributed by atoms with Crippen LogP contribution in [-0.4, -0.2) is 35.7 Å². The summed E-state index contributed by atoms with van der Waals surface area (Å²) in [5, 5.41) is 2.93. The third-order valence-electron chi connectivity index (χ3n) is 3.08. The van der Waals surface area contributed by atoms with Gasteiger partial charge >= 0.3 is 11.7 Å². The molecule has 21 heavy (non-hydrogen) atoms. The van der Waals surface area contributed by atoms with Crippen molar-refractivity contribution in [1.82, 2.24) is 10.2 Å². The zero-order chi connectivity index (χ0) is 15.6. The highest BCUT2D eigenvalue weighted by molar-refractivity contribution is 5.75. The molecule has 1 aliphatic rings. The summed E-state index contributed by atoms with van der Waals surface area (Å²) < 4.78 is 10.7. The molecule has 1 aromatic heterocycles. The maximum absolute atomic E-state index is 12.1. The summed E-state index contributed by atoms with van der Waals surface area (Å²) in [6.07, 6.45) is 0.647. The van der Waals surface area contributed by atoms with Crippen molar-refractivity contribution in [3.8, 4) is 5.75 Å². The van der Waals surface area contributed by atoms with Gasteiger partial charge in [-0.05, 0) is 27.7 Å². The number of ether oxygens (including phenoxy) is 1. The Balaban J connectivity index is 1.93. The van der Waals surface area contributed by atoms with Crippen molar-refractivity contribution in [1.29, 1.82) is 0 Å². The Morgan fingerprint density at radius 1 is 1.43 bits per heavy atom. The van der Waals surface area contributed by atoms with E-state index in [9.17, 15) is 9.59 Å². The molecule has 1 fully saturated rings. The van der Waals surface area contributed by atoms with Crippen molar-refractivity contribution in [3.05, 3.63) is 28.3 Å². The number of urea groups is 1. The molecule has 116 valence electrons. The molecule has 0 spiro atoms. The maximum Gasteiger partial charge on any atom is 0.339 e. The fourth-order valence-corrected chi connectivity index (χ4v) is 2.24. The highest BCUT2D eigenvalue weighted by atomic mass is 16.5. The average molecular weight is 294 g/mol. The molecule has 2 heterocycles. The predicted octanol–water partition coefficient (Wildman–Crippen LogP) is 1.91. The van der Waals surface area contributed by atoms with E-state index in [0.717, 1.165) is 6.42 Å². The second kappa shape index (κ2) is 5.79. The summed E-state index contributed by atoms with van der Waals surface area (Å²) in [7, 11) is 0. The fourth-order valence-electron chi connectivity index (χ4n) is 2.24. The van der Waals surface area contributed by atoms with Gasteiger partial charge in [0, 0.05) is 24.6 Å². The van der Waals surface area contributed by atoms with Gasteiger partial charge in [-0.25, -0.2) is 9.59 Å². The number of rotatable bonds is 2. The van der Waals surface area contributed by atoms with E-state index in [1.54, 1.807) is 17.9 Å². The third-order valence-corrected chi connectivity index (χ3v) is 3.08. The molecule has 0 bridgehead atoms. The lowest BCUT2D eigenvalue weighted by molar-refractivity contribution is 0.180. The molecule has 1 atom stereocenters. The molecule has 0 aliphatic carbocycles. The van der Waals surface area contributed by atoms with Crippen LogP contribution in [0.4, 0.5) is 4.79 Å². The van der Waals surface area contributed by atoms with E-state index in [0.29, 0.717) is 24.6 Å². The highest BCUT2D eigenvalue weighted by Crippen LogP contribution is 2.18. The molecule has 1 saturated heterocycles. The molecule has 1 aromatic rings. The standard InChI is InChI=1S/C15H22N2O4/c1-10-7-12(8-13(18)20-10)21-11-5-6-17(9-11)14(19)16-15(2,3)4/h7-8,11H,5-6,9H2,1-4H3,(H,16,19). The second-order valence-corrected chi connectivity index (χ2v) is 6.38. The van der Waals surface area contributed by atoms with Crippen LogP contribution in [-0.2, 0) is 0 Å². The van der Waals surface area contributed by atoms with Crippen LogP contribution in [0.2, 0.25) is 0 Å². The SMILES string of the molecule is Cc1cc(OC2CCN(C(=O)NC(C)(C)C)C2)cc(=O)o1. The summed E-state index contributed by atoms with van der Waals surface area (Å²) in [4.78, 5) is 25.1. The molecule has 6 heteroatoms. The summed E-state index contributed by atoms with van der Waals surface area (Å²) in [5.74, 6) is 1.00. The van der Waals surface area contributed by atoms with Gasteiger partial charge in [0.15, 0.2) is 0 Å². The van der Waals surface area contributed by atoms with Crippen LogP contribution < -0.4 is 15.7 Å². The first-order chi connectivity index (χ1) is 9.73. The van der Waals surface area contributed by atoms with Crippen molar-refractivity contribution < 1.29 is 13.9 Å². The molecule has 1 aliphatic heterocycles. The number of nitrogens with one attached hydrogen (secondary N) is 1. The van der Waals surface area contributed by atoms with Gasteiger partial charge in [-0.1, -0.05) is 0 Å². The molecule has 0 saturated carbocycles. The maximum atomic E-state index is 12.1. The van der Waals surface area contributed by atoms with Crippen LogP contribution >= 0.6 is 0 Å². The topological polar surface area (TPSA) is 71.8 Å². The quantitative estimate of drug-likeness (QED) is 0.904. The minimum atomic E-state index is -0.426. The summed E-state index contributed by atoms with van der Waals surface area (Å²) >= 11 is 0. The van der Waals surface area contributed by atoms with Crippen molar-refractivity contribution >= 4 is 6.03 Å². The number of hydrogen-bond donors (Lipinski definition) is 1. The van der Waals surface area contributed by atoms with Crippen molar-refractivity contribution in [2.45, 2.75) is 45.8 Å². The third kappa shape index (κ3) is 4.51. The van der Waals surface area contributed by atoms with E-state index in [4.69, 9.17) is 9.15 Å². The number of carbonyl (C=O) groups excluding carboxylic acids is 1. The van der Waals surface area contributed by atoms with Crippen LogP contribution in [0.1, 0.15) is 33.0 Å².